The molecule has 2 heterocycles. The van der Waals surface area contributed by atoms with Gasteiger partial charge in [0.15, 0.2) is 0 Å². The molecule has 0 aliphatic rings. The zero-order chi connectivity index (χ0) is 13.2. The van der Waals surface area contributed by atoms with Gasteiger partial charge in [0.2, 0.25) is 0 Å². The molecule has 0 radical (unpaired) electrons. The van der Waals surface area contributed by atoms with E-state index in [9.17, 15) is 4.79 Å². The molecule has 1 aromatic carbocycles. The molecular weight excluding hydrogens is 242 g/mol. The quantitative estimate of drug-likeness (QED) is 0.738. The molecule has 5 nitrogen and oxygen atoms in total. The Labute approximate surface area is 109 Å². The number of fused-ring (bicyclic) bond motifs is 3. The van der Waals surface area contributed by atoms with Gasteiger partial charge in [-0.15, -0.1) is 0 Å². The monoisotopic (exact) mass is 255 g/mol. The fourth-order valence-corrected chi connectivity index (χ4v) is 2.09. The predicted molar refractivity (Wildman–Crippen MR) is 74.2 cm³/mol. The maximum atomic E-state index is 11.4. The number of ether oxygens (including phenoxy) is 1. The molecule has 0 spiro atoms. The Morgan fingerprint density at radius 3 is 3.11 bits per heavy atom. The van der Waals surface area contributed by atoms with Crippen LogP contribution in [-0.2, 0) is 4.74 Å². The van der Waals surface area contributed by atoms with Gasteiger partial charge in [-0.2, -0.15) is 0 Å². The molecule has 1 amide bonds. The number of H-pyrrole nitrogens is 1. The molecule has 19 heavy (non-hydrogen) atoms. The standard InChI is InChI=1S/C14H13N3O2/c1-2-19-14(18)16-9-5-6-12-11(8-9)10-4-3-7-15-13(10)17-12/h3-8H,2H2,1H3,(H,15,17)(H,16,18). The van der Waals surface area contributed by atoms with Crippen LogP contribution in [0, 0.1) is 0 Å². The van der Waals surface area contributed by atoms with E-state index in [1.807, 2.05) is 30.3 Å². The van der Waals surface area contributed by atoms with Crippen LogP contribution in [0.25, 0.3) is 21.9 Å². The highest BCUT2D eigenvalue weighted by atomic mass is 16.5. The third-order valence-electron chi connectivity index (χ3n) is 2.89. The number of anilines is 1. The van der Waals surface area contributed by atoms with Crippen molar-refractivity contribution < 1.29 is 9.53 Å². The van der Waals surface area contributed by atoms with Gasteiger partial charge >= 0.3 is 6.09 Å². The maximum Gasteiger partial charge on any atom is 0.411 e. The fraction of sp³-hybridized carbons (Fsp3) is 0.143. The van der Waals surface area contributed by atoms with E-state index in [1.54, 1.807) is 13.1 Å². The van der Waals surface area contributed by atoms with Gasteiger partial charge in [0, 0.05) is 28.2 Å². The Balaban J connectivity index is 2.04. The molecule has 0 atom stereocenters. The molecule has 0 aliphatic heterocycles. The third kappa shape index (κ3) is 2.10. The van der Waals surface area contributed by atoms with Crippen molar-refractivity contribution in [2.45, 2.75) is 6.92 Å². The van der Waals surface area contributed by atoms with E-state index < -0.39 is 6.09 Å². The largest absolute Gasteiger partial charge is 0.450 e. The highest BCUT2D eigenvalue weighted by molar-refractivity contribution is 6.07. The van der Waals surface area contributed by atoms with E-state index >= 15 is 0 Å². The number of aromatic amines is 1. The molecule has 0 saturated heterocycles. The number of carbonyl (C=O) groups is 1. The number of aromatic nitrogens is 2. The summed E-state index contributed by atoms with van der Waals surface area (Å²) in [5.74, 6) is 0. The highest BCUT2D eigenvalue weighted by Crippen LogP contribution is 2.26. The maximum absolute atomic E-state index is 11.4. The summed E-state index contributed by atoms with van der Waals surface area (Å²) in [6, 6.07) is 9.54. The summed E-state index contributed by atoms with van der Waals surface area (Å²) in [5, 5.41) is 4.75. The van der Waals surface area contributed by atoms with E-state index in [0.717, 1.165) is 21.9 Å². The third-order valence-corrected chi connectivity index (χ3v) is 2.89. The second kappa shape index (κ2) is 4.61. The predicted octanol–water partition coefficient (Wildman–Crippen LogP) is 3.28. The molecule has 5 heteroatoms. The zero-order valence-electron chi connectivity index (χ0n) is 10.4. The molecule has 96 valence electrons. The minimum Gasteiger partial charge on any atom is -0.450 e. The van der Waals surface area contributed by atoms with E-state index in [1.165, 1.54) is 0 Å². The average molecular weight is 255 g/mol. The number of amides is 1. The lowest BCUT2D eigenvalue weighted by Crippen LogP contribution is -2.12. The van der Waals surface area contributed by atoms with Crippen molar-refractivity contribution >= 4 is 33.7 Å². The molecule has 0 bridgehead atoms. The Bertz CT molecular complexity index is 749. The van der Waals surface area contributed by atoms with Crippen molar-refractivity contribution in [2.24, 2.45) is 0 Å². The number of nitrogens with zero attached hydrogens (tertiary/aromatic N) is 1. The molecule has 2 aromatic heterocycles. The van der Waals surface area contributed by atoms with E-state index in [4.69, 9.17) is 4.74 Å². The van der Waals surface area contributed by atoms with E-state index in [-0.39, 0.29) is 0 Å². The zero-order valence-corrected chi connectivity index (χ0v) is 10.4. The first-order chi connectivity index (χ1) is 9.28. The van der Waals surface area contributed by atoms with Crippen molar-refractivity contribution in [1.29, 1.82) is 0 Å². The summed E-state index contributed by atoms with van der Waals surface area (Å²) in [6.45, 7) is 2.12. The lowest BCUT2D eigenvalue weighted by Gasteiger charge is -2.04. The van der Waals surface area contributed by atoms with Crippen molar-refractivity contribution in [3.05, 3.63) is 36.5 Å². The van der Waals surface area contributed by atoms with Crippen LogP contribution in [-0.4, -0.2) is 22.7 Å². The summed E-state index contributed by atoms with van der Waals surface area (Å²) < 4.78 is 4.86. The molecule has 0 aliphatic carbocycles. The van der Waals surface area contributed by atoms with Crippen LogP contribution in [0.5, 0.6) is 0 Å². The summed E-state index contributed by atoms with van der Waals surface area (Å²) >= 11 is 0. The first-order valence-corrected chi connectivity index (χ1v) is 6.08. The van der Waals surface area contributed by atoms with Gasteiger partial charge in [0.1, 0.15) is 5.65 Å². The number of carbonyl (C=O) groups excluding carboxylic acids is 1. The van der Waals surface area contributed by atoms with Crippen molar-refractivity contribution in [3.8, 4) is 0 Å². The van der Waals surface area contributed by atoms with Crippen molar-refractivity contribution in [3.63, 3.8) is 0 Å². The van der Waals surface area contributed by atoms with Gasteiger partial charge < -0.3 is 9.72 Å². The Morgan fingerprint density at radius 2 is 2.26 bits per heavy atom. The molecule has 3 aromatic rings. The molecule has 0 saturated carbocycles. The van der Waals surface area contributed by atoms with Crippen LogP contribution in [0.3, 0.4) is 0 Å². The van der Waals surface area contributed by atoms with Gasteiger partial charge in [-0.1, -0.05) is 0 Å². The Morgan fingerprint density at radius 1 is 1.37 bits per heavy atom. The number of hydrogen-bond donors (Lipinski definition) is 2. The van der Waals surface area contributed by atoms with Crippen LogP contribution in [0.2, 0.25) is 0 Å². The van der Waals surface area contributed by atoms with Gasteiger partial charge in [-0.05, 0) is 37.3 Å². The minimum atomic E-state index is -0.445. The summed E-state index contributed by atoms with van der Waals surface area (Å²) in [5.41, 5.74) is 2.53. The van der Waals surface area contributed by atoms with E-state index in [2.05, 4.69) is 15.3 Å². The summed E-state index contributed by atoms with van der Waals surface area (Å²) in [7, 11) is 0. The number of pyridine rings is 1. The van der Waals surface area contributed by atoms with Crippen molar-refractivity contribution in [2.75, 3.05) is 11.9 Å². The van der Waals surface area contributed by atoms with Gasteiger partial charge in [0.25, 0.3) is 0 Å². The lowest BCUT2D eigenvalue weighted by molar-refractivity contribution is 0.168. The van der Waals surface area contributed by atoms with Gasteiger partial charge in [-0.3, -0.25) is 5.32 Å². The first kappa shape index (κ1) is 11.5. The molecule has 0 fully saturated rings. The number of rotatable bonds is 2. The highest BCUT2D eigenvalue weighted by Gasteiger charge is 2.07. The van der Waals surface area contributed by atoms with Gasteiger partial charge in [0.05, 0.1) is 6.61 Å². The summed E-state index contributed by atoms with van der Waals surface area (Å²) in [4.78, 5) is 18.9. The summed E-state index contributed by atoms with van der Waals surface area (Å²) in [6.07, 6.45) is 1.30. The molecular formula is C14H13N3O2. The average Bonchev–Trinajstić information content (AvgIpc) is 2.77. The minimum absolute atomic E-state index is 0.352. The first-order valence-electron chi connectivity index (χ1n) is 6.08. The normalized spacial score (nSPS) is 10.8. The molecule has 0 unspecified atom stereocenters. The van der Waals surface area contributed by atoms with Gasteiger partial charge in [-0.25, -0.2) is 9.78 Å². The van der Waals surface area contributed by atoms with Crippen LogP contribution >= 0.6 is 0 Å². The second-order valence-electron chi connectivity index (χ2n) is 4.13. The van der Waals surface area contributed by atoms with E-state index in [0.29, 0.717) is 12.3 Å². The number of hydrogen-bond acceptors (Lipinski definition) is 3. The SMILES string of the molecule is CCOC(=O)Nc1ccc2[nH]c3ncccc3c2c1. The lowest BCUT2D eigenvalue weighted by atomic mass is 10.2. The second-order valence-corrected chi connectivity index (χ2v) is 4.13. The van der Waals surface area contributed by atoms with Crippen LogP contribution in [0.4, 0.5) is 10.5 Å². The van der Waals surface area contributed by atoms with Crippen LogP contribution in [0.15, 0.2) is 36.5 Å². The number of benzene rings is 1. The molecule has 3 rings (SSSR count). The van der Waals surface area contributed by atoms with Crippen LogP contribution in [0.1, 0.15) is 6.92 Å². The smallest absolute Gasteiger partial charge is 0.411 e. The van der Waals surface area contributed by atoms with Crippen LogP contribution < -0.4 is 5.32 Å². The molecule has 2 N–H and O–H groups in total. The number of nitrogens with one attached hydrogen (secondary N) is 2. The van der Waals surface area contributed by atoms with Crippen molar-refractivity contribution in [1.82, 2.24) is 9.97 Å². The topological polar surface area (TPSA) is 67.0 Å². The Hall–Kier alpha value is -2.56. The fourth-order valence-electron chi connectivity index (χ4n) is 2.09. The Kier molecular flexibility index (Phi) is 2.79.